The van der Waals surface area contributed by atoms with Crippen molar-refractivity contribution in [2.75, 3.05) is 11.9 Å². The third-order valence-electron chi connectivity index (χ3n) is 7.50. The van der Waals surface area contributed by atoms with Gasteiger partial charge in [0, 0.05) is 24.3 Å². The van der Waals surface area contributed by atoms with Gasteiger partial charge in [0.15, 0.2) is 0 Å². The number of anilines is 1. The first kappa shape index (κ1) is 23.7. The molecule has 3 fully saturated rings. The van der Waals surface area contributed by atoms with Gasteiger partial charge in [0.05, 0.1) is 30.6 Å². The van der Waals surface area contributed by atoms with Crippen LogP contribution in [0.1, 0.15) is 57.2 Å². The summed E-state index contributed by atoms with van der Waals surface area (Å²) in [6.07, 6.45) is 6.51. The Balaban J connectivity index is 1.28. The van der Waals surface area contributed by atoms with Crippen LogP contribution in [0.3, 0.4) is 0 Å². The Morgan fingerprint density at radius 3 is 2.69 bits per heavy atom. The molecule has 10 nitrogen and oxygen atoms in total. The minimum Gasteiger partial charge on any atom is -0.384 e. The number of fused-ring (bicyclic) bond motifs is 1. The monoisotopic (exact) mass is 478 g/mol. The van der Waals surface area contributed by atoms with Crippen LogP contribution in [0.5, 0.6) is 0 Å². The van der Waals surface area contributed by atoms with Gasteiger partial charge < -0.3 is 15.7 Å². The molecule has 0 radical (unpaired) electrons. The van der Waals surface area contributed by atoms with Gasteiger partial charge >= 0.3 is 0 Å². The first-order valence-electron chi connectivity index (χ1n) is 12.5. The molecule has 0 bridgehead atoms. The van der Waals surface area contributed by atoms with Gasteiger partial charge in [-0.1, -0.05) is 30.2 Å². The Bertz CT molecular complexity index is 1090. The van der Waals surface area contributed by atoms with Gasteiger partial charge in [-0.25, -0.2) is 15.1 Å². The molecule has 10 heteroatoms. The van der Waals surface area contributed by atoms with Crippen LogP contribution in [0, 0.1) is 23.2 Å². The van der Waals surface area contributed by atoms with Gasteiger partial charge in [0.1, 0.15) is 17.5 Å². The van der Waals surface area contributed by atoms with E-state index < -0.39 is 5.60 Å². The van der Waals surface area contributed by atoms with Crippen molar-refractivity contribution in [3.63, 3.8) is 0 Å². The van der Waals surface area contributed by atoms with Crippen LogP contribution in [0.4, 0.5) is 5.69 Å². The summed E-state index contributed by atoms with van der Waals surface area (Å²) in [6.45, 7) is 4.59. The number of nitrogens with zero attached hydrogens (tertiary/aromatic N) is 5. The molecule has 1 aromatic carbocycles. The number of hydrazine groups is 1. The lowest BCUT2D eigenvalue weighted by Crippen LogP contribution is -2.54. The lowest BCUT2D eigenvalue weighted by atomic mass is 9.83. The second kappa shape index (κ2) is 9.57. The molecular weight excluding hydrogens is 444 g/mol. The van der Waals surface area contributed by atoms with Crippen LogP contribution in [0.2, 0.25) is 0 Å². The number of hydrogen-bond acceptors (Lipinski definition) is 8. The van der Waals surface area contributed by atoms with Crippen molar-refractivity contribution in [3.05, 3.63) is 41.7 Å². The Morgan fingerprint density at radius 1 is 1.20 bits per heavy atom. The van der Waals surface area contributed by atoms with E-state index in [4.69, 9.17) is 0 Å². The molecule has 186 valence electrons. The van der Waals surface area contributed by atoms with Gasteiger partial charge in [0.2, 0.25) is 5.91 Å². The molecule has 3 unspecified atom stereocenters. The van der Waals surface area contributed by atoms with Gasteiger partial charge in [-0.3, -0.25) is 4.79 Å². The molecule has 2 aromatic rings. The molecule has 2 saturated heterocycles. The number of amides is 1. The van der Waals surface area contributed by atoms with Gasteiger partial charge in [-0.2, -0.15) is 5.26 Å². The summed E-state index contributed by atoms with van der Waals surface area (Å²) in [5, 5.41) is 36.8. The number of benzene rings is 1. The summed E-state index contributed by atoms with van der Waals surface area (Å²) in [5.74, 6) is -0.169. The van der Waals surface area contributed by atoms with Crippen LogP contribution in [-0.2, 0) is 16.9 Å². The van der Waals surface area contributed by atoms with Crippen molar-refractivity contribution < 1.29 is 9.90 Å². The van der Waals surface area contributed by atoms with Crippen LogP contribution in [0.25, 0.3) is 0 Å². The van der Waals surface area contributed by atoms with Gasteiger partial charge in [0.25, 0.3) is 0 Å². The molecule has 3 aliphatic rings. The maximum Gasteiger partial charge on any atom is 0.228 e. The average Bonchev–Trinajstić information content (AvgIpc) is 3.46. The number of nitriles is 1. The summed E-state index contributed by atoms with van der Waals surface area (Å²) in [5.41, 5.74) is 5.06. The molecule has 4 N–H and O–H groups in total. The van der Waals surface area contributed by atoms with Crippen molar-refractivity contribution >= 4 is 11.6 Å². The van der Waals surface area contributed by atoms with Crippen LogP contribution in [-0.4, -0.2) is 55.8 Å². The minimum atomic E-state index is -1.03. The van der Waals surface area contributed by atoms with E-state index in [2.05, 4.69) is 37.4 Å². The van der Waals surface area contributed by atoms with E-state index in [-0.39, 0.29) is 36.0 Å². The zero-order valence-electron chi connectivity index (χ0n) is 20.3. The van der Waals surface area contributed by atoms with Crippen molar-refractivity contribution in [1.29, 1.82) is 5.26 Å². The van der Waals surface area contributed by atoms with Crippen molar-refractivity contribution in [2.45, 2.75) is 76.3 Å². The van der Waals surface area contributed by atoms with E-state index in [9.17, 15) is 15.2 Å². The molecule has 0 spiro atoms. The standard InChI is InChI=1S/C25H34N8O2/c1-25(2,35)21-15-32(31-29-21)14-16-7-9-18(10-8-16)28-23-22-20(11-12-27-24(22)34)33(30-23)19-6-4-3-5-17(19)13-26/h7-10,15,17,19-20,22-23,28,30,35H,3-6,11-12,14H2,1-2H3,(H,27,34)/t17-,19+,20?,22?,23?/m1/s1. The molecule has 1 aromatic heterocycles. The number of piperidine rings is 1. The molecule has 1 amide bonds. The van der Waals surface area contributed by atoms with Crippen LogP contribution >= 0.6 is 0 Å². The molecule has 2 aliphatic heterocycles. The zero-order valence-corrected chi connectivity index (χ0v) is 20.3. The molecular formula is C25H34N8O2. The predicted octanol–water partition coefficient (Wildman–Crippen LogP) is 1.70. The van der Waals surface area contributed by atoms with E-state index in [0.717, 1.165) is 43.4 Å². The summed E-state index contributed by atoms with van der Waals surface area (Å²) >= 11 is 0. The smallest absolute Gasteiger partial charge is 0.228 e. The quantitative estimate of drug-likeness (QED) is 0.493. The second-order valence-corrected chi connectivity index (χ2v) is 10.5. The molecule has 5 atom stereocenters. The lowest BCUT2D eigenvalue weighted by molar-refractivity contribution is -0.128. The van der Waals surface area contributed by atoms with E-state index in [0.29, 0.717) is 18.8 Å². The molecule has 35 heavy (non-hydrogen) atoms. The first-order chi connectivity index (χ1) is 16.8. The minimum absolute atomic E-state index is 0.00590. The maximum atomic E-state index is 12.9. The van der Waals surface area contributed by atoms with Gasteiger partial charge in [-0.15, -0.1) is 5.10 Å². The van der Waals surface area contributed by atoms with Crippen LogP contribution < -0.4 is 16.1 Å². The number of hydrogen-bond donors (Lipinski definition) is 4. The largest absolute Gasteiger partial charge is 0.384 e. The Morgan fingerprint density at radius 2 is 1.97 bits per heavy atom. The normalized spacial score (nSPS) is 29.3. The number of aromatic nitrogens is 3. The average molecular weight is 479 g/mol. The molecule has 5 rings (SSSR count). The van der Waals surface area contributed by atoms with E-state index in [1.54, 1.807) is 24.7 Å². The molecule has 1 aliphatic carbocycles. The fourth-order valence-electron chi connectivity index (χ4n) is 5.63. The Hall–Kier alpha value is -3.00. The van der Waals surface area contributed by atoms with Crippen molar-refractivity contribution in [1.82, 2.24) is 30.7 Å². The summed E-state index contributed by atoms with van der Waals surface area (Å²) in [7, 11) is 0. The Kier molecular flexibility index (Phi) is 6.49. The number of carbonyl (C=O) groups is 1. The third-order valence-corrected chi connectivity index (χ3v) is 7.50. The molecule has 1 saturated carbocycles. The fourth-order valence-corrected chi connectivity index (χ4v) is 5.63. The highest BCUT2D eigenvalue weighted by Gasteiger charge is 2.51. The maximum absolute atomic E-state index is 12.9. The second-order valence-electron chi connectivity index (χ2n) is 10.5. The highest BCUT2D eigenvalue weighted by atomic mass is 16.3. The topological polar surface area (TPSA) is 131 Å². The fraction of sp³-hybridized carbons (Fsp3) is 0.600. The summed E-state index contributed by atoms with van der Waals surface area (Å²) in [6, 6.07) is 10.8. The summed E-state index contributed by atoms with van der Waals surface area (Å²) in [4.78, 5) is 12.9. The van der Waals surface area contributed by atoms with E-state index >= 15 is 0 Å². The third kappa shape index (κ3) is 4.89. The number of aliphatic hydroxyl groups is 1. The van der Waals surface area contributed by atoms with E-state index in [1.165, 1.54) is 0 Å². The highest BCUT2D eigenvalue weighted by molar-refractivity contribution is 5.82. The lowest BCUT2D eigenvalue weighted by Gasteiger charge is -2.39. The van der Waals surface area contributed by atoms with Crippen molar-refractivity contribution in [2.24, 2.45) is 11.8 Å². The SMILES string of the molecule is CC(C)(O)c1cn(Cc2ccc(NC3NN([C@H]4CCCC[C@@H]4C#N)C4CCNC(=O)C34)cc2)nn1. The van der Waals surface area contributed by atoms with Crippen molar-refractivity contribution in [3.8, 4) is 6.07 Å². The highest BCUT2D eigenvalue weighted by Crippen LogP contribution is 2.36. The van der Waals surface area contributed by atoms with Crippen LogP contribution in [0.15, 0.2) is 30.5 Å². The first-order valence-corrected chi connectivity index (χ1v) is 12.5. The predicted molar refractivity (Wildman–Crippen MR) is 129 cm³/mol. The van der Waals surface area contributed by atoms with E-state index in [1.807, 2.05) is 24.3 Å². The zero-order chi connectivity index (χ0) is 24.6. The number of nitrogens with one attached hydrogen (secondary N) is 3. The summed E-state index contributed by atoms with van der Waals surface area (Å²) < 4.78 is 1.71. The number of carbonyl (C=O) groups excluding carboxylic acids is 1. The van der Waals surface area contributed by atoms with Gasteiger partial charge in [-0.05, 0) is 50.8 Å². The molecule has 3 heterocycles. The number of rotatable bonds is 6. The Labute approximate surface area is 205 Å².